The molecule has 6 heteroatoms. The summed E-state index contributed by atoms with van der Waals surface area (Å²) < 4.78 is 0. The highest BCUT2D eigenvalue weighted by molar-refractivity contribution is 5.81. The van der Waals surface area contributed by atoms with Crippen molar-refractivity contribution in [3.63, 3.8) is 0 Å². The molecular formula is C23H20N4O2. The molecule has 0 amide bonds. The molecule has 0 unspecified atom stereocenters. The Morgan fingerprint density at radius 3 is 2.03 bits per heavy atom. The van der Waals surface area contributed by atoms with Crippen molar-refractivity contribution in [1.29, 1.82) is 0 Å². The second-order valence-corrected chi connectivity index (χ2v) is 6.92. The molecule has 29 heavy (non-hydrogen) atoms. The van der Waals surface area contributed by atoms with Crippen LogP contribution in [0.4, 0.5) is 11.4 Å². The van der Waals surface area contributed by atoms with Gasteiger partial charge in [0.1, 0.15) is 5.82 Å². The number of aromatic amines is 1. The predicted octanol–water partition coefficient (Wildman–Crippen LogP) is 5.38. The van der Waals surface area contributed by atoms with Crippen molar-refractivity contribution in [2.75, 3.05) is 19.0 Å². The van der Waals surface area contributed by atoms with E-state index in [1.807, 2.05) is 73.6 Å². The highest BCUT2D eigenvalue weighted by Gasteiger charge is 2.16. The number of hydrogen-bond acceptors (Lipinski definition) is 4. The van der Waals surface area contributed by atoms with E-state index in [1.165, 1.54) is 12.1 Å². The quantitative estimate of drug-likeness (QED) is 0.370. The normalized spacial score (nSPS) is 10.7. The second kappa shape index (κ2) is 7.59. The number of non-ortho nitro benzene ring substituents is 1. The highest BCUT2D eigenvalue weighted by Crippen LogP contribution is 2.34. The van der Waals surface area contributed by atoms with Crippen molar-refractivity contribution in [3.8, 4) is 33.9 Å². The summed E-state index contributed by atoms with van der Waals surface area (Å²) in [4.78, 5) is 20.9. The van der Waals surface area contributed by atoms with Gasteiger partial charge in [0, 0.05) is 48.6 Å². The van der Waals surface area contributed by atoms with Crippen LogP contribution in [0, 0.1) is 10.1 Å². The Morgan fingerprint density at radius 2 is 1.45 bits per heavy atom. The molecule has 144 valence electrons. The van der Waals surface area contributed by atoms with Gasteiger partial charge in [-0.3, -0.25) is 10.1 Å². The smallest absolute Gasteiger partial charge is 0.269 e. The molecule has 0 saturated heterocycles. The Balaban J connectivity index is 1.82. The van der Waals surface area contributed by atoms with Crippen molar-refractivity contribution in [3.05, 3.63) is 89.0 Å². The molecule has 1 N–H and O–H groups in total. The Hall–Kier alpha value is -3.93. The number of hydrogen-bond donors (Lipinski definition) is 1. The molecule has 0 bridgehead atoms. The van der Waals surface area contributed by atoms with Crippen LogP contribution < -0.4 is 4.90 Å². The number of imidazole rings is 1. The second-order valence-electron chi connectivity index (χ2n) is 6.92. The fourth-order valence-electron chi connectivity index (χ4n) is 3.19. The van der Waals surface area contributed by atoms with Crippen molar-refractivity contribution in [1.82, 2.24) is 9.97 Å². The minimum atomic E-state index is -0.396. The van der Waals surface area contributed by atoms with Gasteiger partial charge in [0.05, 0.1) is 16.3 Å². The molecule has 0 atom stereocenters. The Morgan fingerprint density at radius 1 is 0.828 bits per heavy atom. The van der Waals surface area contributed by atoms with Gasteiger partial charge in [-0.25, -0.2) is 4.98 Å². The molecule has 0 aliphatic heterocycles. The maximum atomic E-state index is 11.0. The van der Waals surface area contributed by atoms with E-state index in [1.54, 1.807) is 12.1 Å². The summed E-state index contributed by atoms with van der Waals surface area (Å²) in [5.74, 6) is 0.752. The minimum Gasteiger partial charge on any atom is -0.378 e. The minimum absolute atomic E-state index is 0.0639. The number of anilines is 1. The lowest BCUT2D eigenvalue weighted by Crippen LogP contribution is -2.07. The van der Waals surface area contributed by atoms with Crippen molar-refractivity contribution < 1.29 is 4.92 Å². The topological polar surface area (TPSA) is 75.1 Å². The zero-order valence-corrected chi connectivity index (χ0v) is 16.2. The van der Waals surface area contributed by atoms with Crippen LogP contribution in [0.15, 0.2) is 78.9 Å². The molecule has 0 radical (unpaired) electrons. The lowest BCUT2D eigenvalue weighted by atomic mass is 10.0. The number of nitro groups is 1. The molecule has 0 fully saturated rings. The molecule has 0 spiro atoms. The van der Waals surface area contributed by atoms with Crippen LogP contribution in [0.2, 0.25) is 0 Å². The van der Waals surface area contributed by atoms with Crippen LogP contribution in [0.1, 0.15) is 0 Å². The molecule has 0 aliphatic carbocycles. The third-order valence-corrected chi connectivity index (χ3v) is 4.77. The molecule has 1 aromatic heterocycles. The molecular weight excluding hydrogens is 364 g/mol. The number of benzene rings is 3. The van der Waals surface area contributed by atoms with Crippen LogP contribution >= 0.6 is 0 Å². The summed E-state index contributed by atoms with van der Waals surface area (Å²) in [7, 11) is 4.00. The summed E-state index contributed by atoms with van der Waals surface area (Å²) in [5, 5.41) is 11.0. The van der Waals surface area contributed by atoms with E-state index in [0.717, 1.165) is 39.6 Å². The Kier molecular flexibility index (Phi) is 4.83. The van der Waals surface area contributed by atoms with Crippen molar-refractivity contribution >= 4 is 11.4 Å². The first-order valence-corrected chi connectivity index (χ1v) is 9.21. The third-order valence-electron chi connectivity index (χ3n) is 4.77. The van der Waals surface area contributed by atoms with Gasteiger partial charge in [-0.15, -0.1) is 0 Å². The molecule has 6 nitrogen and oxygen atoms in total. The molecule has 4 aromatic rings. The van der Waals surface area contributed by atoms with Gasteiger partial charge in [0.15, 0.2) is 0 Å². The summed E-state index contributed by atoms with van der Waals surface area (Å²) in [6.07, 6.45) is 0. The molecule has 3 aromatic carbocycles. The van der Waals surface area contributed by atoms with Crippen LogP contribution in [0.5, 0.6) is 0 Å². The first-order chi connectivity index (χ1) is 14.0. The summed E-state index contributed by atoms with van der Waals surface area (Å²) in [6, 6.07) is 24.6. The van der Waals surface area contributed by atoms with E-state index in [0.29, 0.717) is 0 Å². The third kappa shape index (κ3) is 3.73. The van der Waals surface area contributed by atoms with E-state index in [4.69, 9.17) is 4.98 Å². The first-order valence-electron chi connectivity index (χ1n) is 9.21. The lowest BCUT2D eigenvalue weighted by Gasteiger charge is -2.12. The van der Waals surface area contributed by atoms with Gasteiger partial charge in [-0.05, 0) is 36.4 Å². The van der Waals surface area contributed by atoms with Crippen LogP contribution in [-0.4, -0.2) is 29.0 Å². The number of aromatic nitrogens is 2. The summed E-state index contributed by atoms with van der Waals surface area (Å²) in [6.45, 7) is 0. The summed E-state index contributed by atoms with van der Waals surface area (Å²) in [5.41, 5.74) is 5.62. The maximum Gasteiger partial charge on any atom is 0.269 e. The van der Waals surface area contributed by atoms with Gasteiger partial charge in [0.25, 0.3) is 5.69 Å². The zero-order chi connectivity index (χ0) is 20.4. The standard InChI is InChI=1S/C23H20N4O2/c1-26(2)19-12-10-18(11-13-19)23-24-21(16-6-4-3-5-7-16)22(25-23)17-8-14-20(15-9-17)27(28)29/h3-15H,1-2H3,(H,24,25). The van der Waals surface area contributed by atoms with Crippen LogP contribution in [-0.2, 0) is 0 Å². The van der Waals surface area contributed by atoms with E-state index in [9.17, 15) is 10.1 Å². The van der Waals surface area contributed by atoms with Crippen LogP contribution in [0.25, 0.3) is 33.9 Å². The van der Waals surface area contributed by atoms with Crippen LogP contribution in [0.3, 0.4) is 0 Å². The first kappa shape index (κ1) is 18.4. The maximum absolute atomic E-state index is 11.0. The SMILES string of the molecule is CN(C)c1ccc(-c2nc(-c3ccccc3)c(-c3ccc([N+](=O)[O-])cc3)[nH]2)cc1. The molecule has 4 rings (SSSR count). The van der Waals surface area contributed by atoms with Gasteiger partial charge < -0.3 is 9.88 Å². The van der Waals surface area contributed by atoms with E-state index >= 15 is 0 Å². The molecule has 0 saturated carbocycles. The largest absolute Gasteiger partial charge is 0.378 e. The van der Waals surface area contributed by atoms with Crippen molar-refractivity contribution in [2.24, 2.45) is 0 Å². The molecule has 1 heterocycles. The Bertz CT molecular complexity index is 1130. The van der Waals surface area contributed by atoms with E-state index in [-0.39, 0.29) is 5.69 Å². The monoisotopic (exact) mass is 384 g/mol. The highest BCUT2D eigenvalue weighted by atomic mass is 16.6. The fraction of sp³-hybridized carbons (Fsp3) is 0.0870. The number of nitro benzene ring substituents is 1. The Labute approximate surface area is 168 Å². The van der Waals surface area contributed by atoms with Crippen molar-refractivity contribution in [2.45, 2.75) is 0 Å². The molecule has 0 aliphatic rings. The summed E-state index contributed by atoms with van der Waals surface area (Å²) >= 11 is 0. The fourth-order valence-corrected chi connectivity index (χ4v) is 3.19. The lowest BCUT2D eigenvalue weighted by molar-refractivity contribution is -0.384. The number of rotatable bonds is 5. The van der Waals surface area contributed by atoms with Gasteiger partial charge >= 0.3 is 0 Å². The van der Waals surface area contributed by atoms with E-state index in [2.05, 4.69) is 4.98 Å². The van der Waals surface area contributed by atoms with Gasteiger partial charge in [-0.2, -0.15) is 0 Å². The number of H-pyrrole nitrogens is 1. The average Bonchev–Trinajstić information content (AvgIpc) is 3.20. The number of nitrogens with one attached hydrogen (secondary N) is 1. The predicted molar refractivity (Wildman–Crippen MR) is 116 cm³/mol. The number of nitrogens with zero attached hydrogens (tertiary/aromatic N) is 3. The zero-order valence-electron chi connectivity index (χ0n) is 16.2. The average molecular weight is 384 g/mol. The van der Waals surface area contributed by atoms with Gasteiger partial charge in [-0.1, -0.05) is 30.3 Å². The van der Waals surface area contributed by atoms with Gasteiger partial charge in [0.2, 0.25) is 0 Å². The van der Waals surface area contributed by atoms with E-state index < -0.39 is 4.92 Å².